The van der Waals surface area contributed by atoms with Crippen molar-refractivity contribution in [3.05, 3.63) is 63.2 Å². The van der Waals surface area contributed by atoms with Gasteiger partial charge in [0.15, 0.2) is 5.65 Å². The van der Waals surface area contributed by atoms with Gasteiger partial charge in [-0.1, -0.05) is 18.6 Å². The number of ether oxygens (including phenoxy) is 2. The van der Waals surface area contributed by atoms with Gasteiger partial charge in [0.2, 0.25) is 0 Å². The molecule has 160 valence electrons. The molecule has 1 aliphatic heterocycles. The molecular weight excluding hydrogens is 380 g/mol. The zero-order valence-electron chi connectivity index (χ0n) is 18.0. The van der Waals surface area contributed by atoms with Gasteiger partial charge in [-0.2, -0.15) is 0 Å². The van der Waals surface area contributed by atoms with E-state index in [4.69, 9.17) is 9.47 Å². The van der Waals surface area contributed by atoms with Crippen LogP contribution >= 0.6 is 0 Å². The van der Waals surface area contributed by atoms with E-state index in [2.05, 4.69) is 27.1 Å². The Morgan fingerprint density at radius 3 is 2.73 bits per heavy atom. The molecule has 1 atom stereocenters. The standard InChI is InChI=1S/C23H30N4O3/c1-16-17(2)24-22-14-20(25-27(22)23(16)28)21-6-4-5-11-26(21)15-18-7-9-19(10-8-18)30-13-12-29-3/h7-10,14,21,25H,4-6,11-13,15H2,1-3H3. The number of rotatable bonds is 7. The molecule has 1 aliphatic rings. The molecule has 0 bridgehead atoms. The largest absolute Gasteiger partial charge is 0.491 e. The topological polar surface area (TPSA) is 71.9 Å². The molecule has 1 unspecified atom stereocenters. The molecule has 1 fully saturated rings. The van der Waals surface area contributed by atoms with Gasteiger partial charge in [-0.05, 0) is 50.9 Å². The first kappa shape index (κ1) is 20.6. The van der Waals surface area contributed by atoms with Crippen molar-refractivity contribution in [2.24, 2.45) is 0 Å². The molecule has 2 aromatic heterocycles. The van der Waals surface area contributed by atoms with E-state index in [0.29, 0.717) is 24.4 Å². The molecule has 1 N–H and O–H groups in total. The molecule has 0 amide bonds. The highest BCUT2D eigenvalue weighted by Crippen LogP contribution is 2.32. The number of methoxy groups -OCH3 is 1. The fraction of sp³-hybridized carbons (Fsp3) is 0.478. The van der Waals surface area contributed by atoms with Crippen LogP contribution in [-0.2, 0) is 11.3 Å². The quantitative estimate of drug-likeness (QED) is 0.605. The maximum Gasteiger partial charge on any atom is 0.275 e. The molecule has 0 spiro atoms. The Labute approximate surface area is 176 Å². The number of H-pyrrole nitrogens is 1. The van der Waals surface area contributed by atoms with Gasteiger partial charge in [0.1, 0.15) is 12.4 Å². The van der Waals surface area contributed by atoms with Crippen molar-refractivity contribution in [2.75, 3.05) is 26.9 Å². The predicted molar refractivity (Wildman–Crippen MR) is 116 cm³/mol. The molecule has 7 heteroatoms. The van der Waals surface area contributed by atoms with E-state index in [1.807, 2.05) is 32.0 Å². The molecule has 1 saturated heterocycles. The van der Waals surface area contributed by atoms with Crippen molar-refractivity contribution in [2.45, 2.75) is 45.7 Å². The average molecular weight is 411 g/mol. The van der Waals surface area contributed by atoms with Crippen LogP contribution in [0.3, 0.4) is 0 Å². The van der Waals surface area contributed by atoms with Gasteiger partial charge >= 0.3 is 0 Å². The highest BCUT2D eigenvalue weighted by Gasteiger charge is 2.26. The predicted octanol–water partition coefficient (Wildman–Crippen LogP) is 3.39. The van der Waals surface area contributed by atoms with Crippen molar-refractivity contribution in [3.63, 3.8) is 0 Å². The molecule has 3 heterocycles. The lowest BCUT2D eigenvalue weighted by atomic mass is 9.98. The van der Waals surface area contributed by atoms with Crippen LogP contribution in [0.4, 0.5) is 0 Å². The highest BCUT2D eigenvalue weighted by atomic mass is 16.5. The molecule has 30 heavy (non-hydrogen) atoms. The third-order valence-corrected chi connectivity index (χ3v) is 5.94. The molecule has 1 aromatic carbocycles. The second-order valence-electron chi connectivity index (χ2n) is 8.00. The van der Waals surface area contributed by atoms with E-state index in [0.717, 1.165) is 36.6 Å². The molecule has 0 aliphatic carbocycles. The molecule has 4 rings (SSSR count). The number of likely N-dealkylation sites (tertiary alicyclic amines) is 1. The zero-order valence-corrected chi connectivity index (χ0v) is 18.0. The Kier molecular flexibility index (Phi) is 6.20. The fourth-order valence-electron chi connectivity index (χ4n) is 4.11. The Bertz CT molecular complexity index is 1050. The second kappa shape index (κ2) is 9.02. The number of nitrogens with zero attached hydrogens (tertiary/aromatic N) is 3. The second-order valence-corrected chi connectivity index (χ2v) is 8.00. The lowest BCUT2D eigenvalue weighted by Crippen LogP contribution is -2.33. The third-order valence-electron chi connectivity index (χ3n) is 5.94. The summed E-state index contributed by atoms with van der Waals surface area (Å²) < 4.78 is 12.3. The minimum atomic E-state index is -0.0184. The summed E-state index contributed by atoms with van der Waals surface area (Å²) in [4.78, 5) is 19.7. The van der Waals surface area contributed by atoms with Crippen LogP contribution in [0.5, 0.6) is 5.75 Å². The Hall–Kier alpha value is -2.64. The number of piperidine rings is 1. The van der Waals surface area contributed by atoms with Crippen LogP contribution in [0.1, 0.15) is 47.8 Å². The number of nitrogens with one attached hydrogen (secondary N) is 1. The van der Waals surface area contributed by atoms with Gasteiger partial charge in [0.05, 0.1) is 18.3 Å². The summed E-state index contributed by atoms with van der Waals surface area (Å²) in [5, 5.41) is 3.32. The summed E-state index contributed by atoms with van der Waals surface area (Å²) in [5.41, 5.74) is 4.47. The maximum absolute atomic E-state index is 12.6. The average Bonchev–Trinajstić information content (AvgIpc) is 3.18. The normalized spacial score (nSPS) is 17.5. The third kappa shape index (κ3) is 4.27. The van der Waals surface area contributed by atoms with Crippen LogP contribution < -0.4 is 10.3 Å². The van der Waals surface area contributed by atoms with Gasteiger partial charge in [-0.25, -0.2) is 9.50 Å². The lowest BCUT2D eigenvalue weighted by molar-refractivity contribution is 0.136. The minimum absolute atomic E-state index is 0.0184. The number of benzene rings is 1. The van der Waals surface area contributed by atoms with Crippen LogP contribution in [0, 0.1) is 13.8 Å². The smallest absolute Gasteiger partial charge is 0.275 e. The molecule has 0 radical (unpaired) electrons. The summed E-state index contributed by atoms with van der Waals surface area (Å²) in [6.45, 7) is 6.74. The summed E-state index contributed by atoms with van der Waals surface area (Å²) in [5.74, 6) is 0.859. The monoisotopic (exact) mass is 410 g/mol. The van der Waals surface area contributed by atoms with Crippen molar-refractivity contribution >= 4 is 5.65 Å². The highest BCUT2D eigenvalue weighted by molar-refractivity contribution is 5.42. The van der Waals surface area contributed by atoms with Crippen molar-refractivity contribution in [3.8, 4) is 5.75 Å². The minimum Gasteiger partial charge on any atom is -0.491 e. The molecule has 0 saturated carbocycles. The SMILES string of the molecule is COCCOc1ccc(CN2CCCCC2c2cc3nc(C)c(C)c(=O)n3[nH]2)cc1. The molecular formula is C23H30N4O3. The summed E-state index contributed by atoms with van der Waals surface area (Å²) in [7, 11) is 1.67. The van der Waals surface area contributed by atoms with Crippen molar-refractivity contribution < 1.29 is 9.47 Å². The van der Waals surface area contributed by atoms with E-state index in [-0.39, 0.29) is 11.6 Å². The Balaban J connectivity index is 1.53. The molecule has 3 aromatic rings. The van der Waals surface area contributed by atoms with E-state index in [1.54, 1.807) is 11.6 Å². The zero-order chi connectivity index (χ0) is 21.1. The first-order valence-corrected chi connectivity index (χ1v) is 10.6. The summed E-state index contributed by atoms with van der Waals surface area (Å²) in [6, 6.07) is 10.6. The first-order valence-electron chi connectivity index (χ1n) is 10.6. The Morgan fingerprint density at radius 1 is 1.17 bits per heavy atom. The van der Waals surface area contributed by atoms with Crippen LogP contribution in [0.25, 0.3) is 5.65 Å². The van der Waals surface area contributed by atoms with Crippen LogP contribution in [0.2, 0.25) is 0 Å². The maximum atomic E-state index is 12.6. The van der Waals surface area contributed by atoms with Crippen LogP contribution in [-0.4, -0.2) is 46.4 Å². The van der Waals surface area contributed by atoms with Crippen LogP contribution in [0.15, 0.2) is 35.1 Å². The van der Waals surface area contributed by atoms with Gasteiger partial charge in [0, 0.05) is 31.0 Å². The Morgan fingerprint density at radius 2 is 1.97 bits per heavy atom. The first-order chi connectivity index (χ1) is 14.6. The van der Waals surface area contributed by atoms with Crippen molar-refractivity contribution in [1.82, 2.24) is 19.5 Å². The number of hydrogen-bond donors (Lipinski definition) is 1. The van der Waals surface area contributed by atoms with Gasteiger partial charge < -0.3 is 9.47 Å². The fourth-order valence-corrected chi connectivity index (χ4v) is 4.11. The number of hydrogen-bond acceptors (Lipinski definition) is 5. The summed E-state index contributed by atoms with van der Waals surface area (Å²) in [6.07, 6.45) is 3.44. The number of fused-ring (bicyclic) bond motifs is 1. The van der Waals surface area contributed by atoms with E-state index >= 15 is 0 Å². The van der Waals surface area contributed by atoms with E-state index in [1.165, 1.54) is 18.4 Å². The van der Waals surface area contributed by atoms with Gasteiger partial charge in [-0.3, -0.25) is 14.8 Å². The lowest BCUT2D eigenvalue weighted by Gasteiger charge is -2.35. The van der Waals surface area contributed by atoms with Gasteiger partial charge in [0.25, 0.3) is 5.56 Å². The van der Waals surface area contributed by atoms with Gasteiger partial charge in [-0.15, -0.1) is 0 Å². The molecule has 7 nitrogen and oxygen atoms in total. The summed E-state index contributed by atoms with van der Waals surface area (Å²) >= 11 is 0. The van der Waals surface area contributed by atoms with E-state index < -0.39 is 0 Å². The number of aryl methyl sites for hydroxylation is 1. The van der Waals surface area contributed by atoms with E-state index in [9.17, 15) is 4.79 Å². The number of aromatic nitrogens is 3. The number of aromatic amines is 1. The van der Waals surface area contributed by atoms with Crippen molar-refractivity contribution in [1.29, 1.82) is 0 Å².